The molecule has 1 aromatic heterocycles. The van der Waals surface area contributed by atoms with Crippen LogP contribution in [0.1, 0.15) is 16.2 Å². The highest BCUT2D eigenvalue weighted by Gasteiger charge is 2.12. The molecule has 0 aliphatic carbocycles. The number of amides is 1. The van der Waals surface area contributed by atoms with Crippen molar-refractivity contribution in [2.75, 3.05) is 13.7 Å². The van der Waals surface area contributed by atoms with E-state index in [9.17, 15) is 9.59 Å². The molecule has 1 heterocycles. The summed E-state index contributed by atoms with van der Waals surface area (Å²) in [5, 5.41) is 6.33. The molecule has 0 unspecified atom stereocenters. The van der Waals surface area contributed by atoms with Gasteiger partial charge in [-0.15, -0.1) is 0 Å². The van der Waals surface area contributed by atoms with Gasteiger partial charge in [0.15, 0.2) is 6.61 Å². The number of methoxy groups -OCH3 is 1. The molecule has 8 nitrogen and oxygen atoms in total. The molecule has 1 N–H and O–H groups in total. The fourth-order valence-electron chi connectivity index (χ4n) is 2.21. The summed E-state index contributed by atoms with van der Waals surface area (Å²) in [5.74, 6) is 0.286. The number of carbonyl (C=O) groups is 2. The Labute approximate surface area is 155 Å². The first-order valence-electron chi connectivity index (χ1n) is 8.11. The number of nitrogens with zero attached hydrogens (tertiary/aromatic N) is 2. The van der Waals surface area contributed by atoms with E-state index in [-0.39, 0.29) is 24.9 Å². The van der Waals surface area contributed by atoms with Gasteiger partial charge in [0.2, 0.25) is 5.82 Å². The van der Waals surface area contributed by atoms with Crippen molar-refractivity contribution in [1.82, 2.24) is 15.5 Å². The third-order valence-electron chi connectivity index (χ3n) is 3.60. The summed E-state index contributed by atoms with van der Waals surface area (Å²) < 4.78 is 15.2. The summed E-state index contributed by atoms with van der Waals surface area (Å²) in [5.41, 5.74) is 1.21. The van der Waals surface area contributed by atoms with Crippen molar-refractivity contribution in [2.24, 2.45) is 0 Å². The predicted octanol–water partition coefficient (Wildman–Crippen LogP) is 2.22. The van der Waals surface area contributed by atoms with Crippen LogP contribution in [0.2, 0.25) is 0 Å². The lowest BCUT2D eigenvalue weighted by molar-refractivity contribution is -0.144. The highest BCUT2D eigenvalue weighted by atomic mass is 16.6. The Morgan fingerprint density at radius 2 is 1.81 bits per heavy atom. The van der Waals surface area contributed by atoms with Crippen molar-refractivity contribution in [3.63, 3.8) is 0 Å². The van der Waals surface area contributed by atoms with E-state index in [1.54, 1.807) is 61.7 Å². The van der Waals surface area contributed by atoms with Crippen LogP contribution in [0.25, 0.3) is 11.4 Å². The van der Waals surface area contributed by atoms with E-state index in [2.05, 4.69) is 15.5 Å². The Morgan fingerprint density at radius 1 is 1.07 bits per heavy atom. The van der Waals surface area contributed by atoms with Crippen LogP contribution in [0.5, 0.6) is 5.75 Å². The molecule has 0 saturated heterocycles. The van der Waals surface area contributed by atoms with E-state index in [1.165, 1.54) is 0 Å². The first-order chi connectivity index (χ1) is 13.2. The smallest absolute Gasteiger partial charge is 0.325 e. The van der Waals surface area contributed by atoms with Crippen molar-refractivity contribution in [3.05, 3.63) is 66.1 Å². The van der Waals surface area contributed by atoms with E-state index in [4.69, 9.17) is 14.0 Å². The van der Waals surface area contributed by atoms with Gasteiger partial charge in [-0.25, -0.2) is 0 Å². The van der Waals surface area contributed by atoms with Gasteiger partial charge >= 0.3 is 5.97 Å². The van der Waals surface area contributed by atoms with Gasteiger partial charge in [-0.3, -0.25) is 9.59 Å². The first kappa shape index (κ1) is 18.1. The average Bonchev–Trinajstić information content (AvgIpc) is 3.20. The first-order valence-corrected chi connectivity index (χ1v) is 8.11. The minimum Gasteiger partial charge on any atom is -0.497 e. The van der Waals surface area contributed by atoms with Crippen LogP contribution < -0.4 is 10.1 Å². The van der Waals surface area contributed by atoms with E-state index < -0.39 is 5.97 Å². The van der Waals surface area contributed by atoms with Crippen LogP contribution in [0, 0.1) is 0 Å². The van der Waals surface area contributed by atoms with Crippen molar-refractivity contribution >= 4 is 11.9 Å². The van der Waals surface area contributed by atoms with Gasteiger partial charge < -0.3 is 19.3 Å². The standard InChI is InChI=1S/C19H17N3O5/c1-25-15-9-7-13(8-10-15)18-21-16(27-22-18)12-26-17(23)11-20-19(24)14-5-3-2-4-6-14/h2-10H,11-12H2,1H3,(H,20,24). The molecule has 8 heteroatoms. The van der Waals surface area contributed by atoms with Crippen LogP contribution in [0.15, 0.2) is 59.1 Å². The lowest BCUT2D eigenvalue weighted by Gasteiger charge is -2.04. The van der Waals surface area contributed by atoms with Gasteiger partial charge in [0.05, 0.1) is 7.11 Å². The Kier molecular flexibility index (Phi) is 5.78. The van der Waals surface area contributed by atoms with E-state index >= 15 is 0 Å². The summed E-state index contributed by atoms with van der Waals surface area (Å²) in [6.45, 7) is -0.434. The fourth-order valence-corrected chi connectivity index (χ4v) is 2.21. The zero-order chi connectivity index (χ0) is 19.1. The molecule has 0 fully saturated rings. The van der Waals surface area contributed by atoms with Crippen molar-refractivity contribution in [3.8, 4) is 17.1 Å². The van der Waals surface area contributed by atoms with Gasteiger partial charge in [0, 0.05) is 11.1 Å². The molecule has 1 amide bonds. The third-order valence-corrected chi connectivity index (χ3v) is 3.60. The summed E-state index contributed by atoms with van der Waals surface area (Å²) in [6, 6.07) is 15.7. The normalized spacial score (nSPS) is 10.3. The van der Waals surface area contributed by atoms with Gasteiger partial charge in [-0.1, -0.05) is 23.4 Å². The maximum atomic E-state index is 11.9. The number of ether oxygens (including phenoxy) is 2. The van der Waals surface area contributed by atoms with Crippen molar-refractivity contribution in [2.45, 2.75) is 6.61 Å². The number of esters is 1. The molecule has 3 rings (SSSR count). The summed E-state index contributed by atoms with van der Waals surface area (Å²) in [7, 11) is 1.58. The number of hydrogen-bond donors (Lipinski definition) is 1. The van der Waals surface area contributed by atoms with Crippen molar-refractivity contribution < 1.29 is 23.6 Å². The summed E-state index contributed by atoms with van der Waals surface area (Å²) in [6.07, 6.45) is 0. The molecule has 0 spiro atoms. The van der Waals surface area contributed by atoms with E-state index in [1.807, 2.05) is 0 Å². The highest BCUT2D eigenvalue weighted by Crippen LogP contribution is 2.19. The molecule has 0 aliphatic heterocycles. The SMILES string of the molecule is COc1ccc(-c2noc(COC(=O)CNC(=O)c3ccccc3)n2)cc1. The highest BCUT2D eigenvalue weighted by molar-refractivity contribution is 5.95. The number of benzene rings is 2. The number of aromatic nitrogens is 2. The number of rotatable bonds is 7. The Morgan fingerprint density at radius 3 is 2.52 bits per heavy atom. The monoisotopic (exact) mass is 367 g/mol. The molecular weight excluding hydrogens is 350 g/mol. The topological polar surface area (TPSA) is 104 Å². The fraction of sp³-hybridized carbons (Fsp3) is 0.158. The Balaban J connectivity index is 1.48. The van der Waals surface area contributed by atoms with E-state index in [0.717, 1.165) is 5.56 Å². The summed E-state index contributed by atoms with van der Waals surface area (Å²) >= 11 is 0. The van der Waals surface area contributed by atoms with Gasteiger partial charge in [-0.05, 0) is 36.4 Å². The van der Waals surface area contributed by atoms with Crippen LogP contribution in [0.3, 0.4) is 0 Å². The quantitative estimate of drug-likeness (QED) is 0.639. The molecule has 27 heavy (non-hydrogen) atoms. The molecular formula is C19H17N3O5. The van der Waals surface area contributed by atoms with Crippen molar-refractivity contribution in [1.29, 1.82) is 0 Å². The second-order valence-electron chi connectivity index (χ2n) is 5.45. The van der Waals surface area contributed by atoms with Crippen LogP contribution in [-0.4, -0.2) is 35.7 Å². The number of nitrogens with one attached hydrogen (secondary N) is 1. The Hall–Kier alpha value is -3.68. The third kappa shape index (κ3) is 4.91. The van der Waals surface area contributed by atoms with Gasteiger partial charge in [-0.2, -0.15) is 4.98 Å². The second kappa shape index (κ2) is 8.61. The second-order valence-corrected chi connectivity index (χ2v) is 5.45. The van der Waals surface area contributed by atoms with Gasteiger partial charge in [0.1, 0.15) is 12.3 Å². The molecule has 0 aliphatic rings. The lowest BCUT2D eigenvalue weighted by atomic mass is 10.2. The van der Waals surface area contributed by atoms with Crippen LogP contribution >= 0.6 is 0 Å². The maximum Gasteiger partial charge on any atom is 0.325 e. The van der Waals surface area contributed by atoms with Gasteiger partial charge in [0.25, 0.3) is 11.8 Å². The summed E-state index contributed by atoms with van der Waals surface area (Å²) in [4.78, 5) is 27.8. The Bertz CT molecular complexity index is 907. The molecule has 138 valence electrons. The molecule has 0 bridgehead atoms. The number of carbonyl (C=O) groups excluding carboxylic acids is 2. The minimum atomic E-state index is -0.608. The largest absolute Gasteiger partial charge is 0.497 e. The molecule has 0 saturated carbocycles. The molecule has 2 aromatic carbocycles. The average molecular weight is 367 g/mol. The van der Waals surface area contributed by atoms with Crippen LogP contribution in [-0.2, 0) is 16.1 Å². The zero-order valence-corrected chi connectivity index (χ0v) is 14.5. The van der Waals surface area contributed by atoms with E-state index in [0.29, 0.717) is 17.1 Å². The predicted molar refractivity (Wildman–Crippen MR) is 94.9 cm³/mol. The number of hydrogen-bond acceptors (Lipinski definition) is 7. The maximum absolute atomic E-state index is 11.9. The molecule has 0 atom stereocenters. The zero-order valence-electron chi connectivity index (χ0n) is 14.5. The lowest BCUT2D eigenvalue weighted by Crippen LogP contribution is -2.30. The molecule has 0 radical (unpaired) electrons. The minimum absolute atomic E-state index is 0.156. The molecule has 3 aromatic rings. The van der Waals surface area contributed by atoms with Crippen LogP contribution in [0.4, 0.5) is 0 Å².